The Morgan fingerprint density at radius 3 is 2.24 bits per heavy atom. The van der Waals surface area contributed by atoms with E-state index in [9.17, 15) is 18.0 Å². The molecule has 9 heteroatoms. The van der Waals surface area contributed by atoms with E-state index < -0.39 is 18.7 Å². The Kier molecular flexibility index (Phi) is 6.82. The second kappa shape index (κ2) is 9.51. The first-order valence-electron chi connectivity index (χ1n) is 9.05. The van der Waals surface area contributed by atoms with Gasteiger partial charge in [0, 0.05) is 24.5 Å². The Morgan fingerprint density at radius 1 is 1.00 bits per heavy atom. The molecule has 0 aromatic heterocycles. The summed E-state index contributed by atoms with van der Waals surface area (Å²) in [7, 11) is 0. The molecule has 1 fully saturated rings. The number of anilines is 2. The Morgan fingerprint density at radius 2 is 1.62 bits per heavy atom. The molecule has 1 aliphatic heterocycles. The zero-order chi connectivity index (χ0) is 20.7. The van der Waals surface area contributed by atoms with E-state index in [4.69, 9.17) is 14.2 Å². The van der Waals surface area contributed by atoms with Gasteiger partial charge in [0.05, 0.1) is 13.2 Å². The third-order valence-electron chi connectivity index (χ3n) is 4.13. The number of nitrogens with one attached hydrogen (secondary N) is 1. The minimum atomic E-state index is -4.46. The van der Waals surface area contributed by atoms with E-state index in [1.807, 2.05) is 12.1 Å². The van der Waals surface area contributed by atoms with Gasteiger partial charge >= 0.3 is 6.18 Å². The predicted molar refractivity (Wildman–Crippen MR) is 102 cm³/mol. The van der Waals surface area contributed by atoms with Crippen LogP contribution in [0.2, 0.25) is 0 Å². The molecule has 0 unspecified atom stereocenters. The third kappa shape index (κ3) is 6.56. The van der Waals surface area contributed by atoms with Gasteiger partial charge in [0.2, 0.25) is 0 Å². The Balaban J connectivity index is 1.51. The lowest BCUT2D eigenvalue weighted by Gasteiger charge is -2.28. The van der Waals surface area contributed by atoms with Gasteiger partial charge in [-0.2, -0.15) is 13.2 Å². The van der Waals surface area contributed by atoms with Crippen LogP contribution < -0.4 is 19.7 Å². The molecule has 156 valence electrons. The van der Waals surface area contributed by atoms with Crippen LogP contribution in [0.5, 0.6) is 11.5 Å². The molecule has 1 aliphatic rings. The Hall–Kier alpha value is -2.94. The van der Waals surface area contributed by atoms with Gasteiger partial charge in [0.1, 0.15) is 0 Å². The summed E-state index contributed by atoms with van der Waals surface area (Å²) in [5.74, 6) is -0.447. The Labute approximate surface area is 166 Å². The molecule has 1 amide bonds. The highest BCUT2D eigenvalue weighted by atomic mass is 19.4. The number of ether oxygens (including phenoxy) is 3. The number of para-hydroxylation sites is 2. The zero-order valence-electron chi connectivity index (χ0n) is 15.6. The maximum atomic E-state index is 12.3. The van der Waals surface area contributed by atoms with Gasteiger partial charge < -0.3 is 24.4 Å². The number of rotatable bonds is 7. The van der Waals surface area contributed by atoms with Crippen molar-refractivity contribution in [2.24, 2.45) is 0 Å². The van der Waals surface area contributed by atoms with Crippen molar-refractivity contribution in [2.75, 3.05) is 49.7 Å². The van der Waals surface area contributed by atoms with E-state index in [-0.39, 0.29) is 18.1 Å². The van der Waals surface area contributed by atoms with Crippen LogP contribution in [0.1, 0.15) is 0 Å². The lowest BCUT2D eigenvalue weighted by atomic mass is 10.2. The van der Waals surface area contributed by atoms with Crippen molar-refractivity contribution in [2.45, 2.75) is 6.18 Å². The SMILES string of the molecule is O=C(COc1ccccc1OCC(F)(F)F)Nc1ccc(N2CCOCC2)cc1. The van der Waals surface area contributed by atoms with E-state index in [0.29, 0.717) is 18.9 Å². The number of carbonyl (C=O) groups is 1. The molecule has 3 rings (SSSR count). The first-order chi connectivity index (χ1) is 13.9. The largest absolute Gasteiger partial charge is 0.480 e. The van der Waals surface area contributed by atoms with E-state index in [1.54, 1.807) is 18.2 Å². The van der Waals surface area contributed by atoms with E-state index in [0.717, 1.165) is 18.8 Å². The van der Waals surface area contributed by atoms with Gasteiger partial charge in [-0.1, -0.05) is 12.1 Å². The van der Waals surface area contributed by atoms with Gasteiger partial charge in [-0.3, -0.25) is 4.79 Å². The highest BCUT2D eigenvalue weighted by molar-refractivity contribution is 5.92. The zero-order valence-corrected chi connectivity index (χ0v) is 15.6. The van der Waals surface area contributed by atoms with Crippen molar-refractivity contribution in [1.29, 1.82) is 0 Å². The van der Waals surface area contributed by atoms with E-state index in [1.165, 1.54) is 18.2 Å². The molecule has 2 aromatic carbocycles. The second-order valence-corrected chi connectivity index (χ2v) is 6.33. The van der Waals surface area contributed by atoms with Crippen molar-refractivity contribution in [3.63, 3.8) is 0 Å². The number of halogens is 3. The summed E-state index contributed by atoms with van der Waals surface area (Å²) >= 11 is 0. The number of hydrogen-bond donors (Lipinski definition) is 1. The fourth-order valence-electron chi connectivity index (χ4n) is 2.77. The van der Waals surface area contributed by atoms with Gasteiger partial charge in [0.15, 0.2) is 24.7 Å². The number of alkyl halides is 3. The molecule has 0 spiro atoms. The van der Waals surface area contributed by atoms with E-state index in [2.05, 4.69) is 10.2 Å². The van der Waals surface area contributed by atoms with Crippen LogP contribution >= 0.6 is 0 Å². The number of benzene rings is 2. The minimum Gasteiger partial charge on any atom is -0.480 e. The molecule has 6 nitrogen and oxygen atoms in total. The lowest BCUT2D eigenvalue weighted by molar-refractivity contribution is -0.153. The van der Waals surface area contributed by atoms with Crippen LogP contribution in [-0.4, -0.2) is 51.6 Å². The molecular weight excluding hydrogens is 389 g/mol. The molecule has 1 heterocycles. The maximum absolute atomic E-state index is 12.3. The maximum Gasteiger partial charge on any atom is 0.422 e. The molecule has 0 aliphatic carbocycles. The normalized spacial score (nSPS) is 14.4. The summed E-state index contributed by atoms with van der Waals surface area (Å²) in [6.45, 7) is 1.20. The molecule has 0 atom stereocenters. The van der Waals surface area contributed by atoms with Crippen LogP contribution in [-0.2, 0) is 9.53 Å². The first-order valence-corrected chi connectivity index (χ1v) is 9.05. The third-order valence-corrected chi connectivity index (χ3v) is 4.13. The minimum absolute atomic E-state index is 0.0644. The first kappa shape index (κ1) is 20.8. The number of morpholine rings is 1. The van der Waals surface area contributed by atoms with Gasteiger partial charge in [-0.25, -0.2) is 0 Å². The molecule has 2 aromatic rings. The molecule has 0 bridgehead atoms. The summed E-state index contributed by atoms with van der Waals surface area (Å²) in [6.07, 6.45) is -4.46. The topological polar surface area (TPSA) is 60.0 Å². The quantitative estimate of drug-likeness (QED) is 0.758. The molecule has 1 saturated heterocycles. The number of nitrogens with zero attached hydrogens (tertiary/aromatic N) is 1. The van der Waals surface area contributed by atoms with Gasteiger partial charge in [-0.15, -0.1) is 0 Å². The summed E-state index contributed by atoms with van der Waals surface area (Å²) in [5, 5.41) is 2.69. The summed E-state index contributed by atoms with van der Waals surface area (Å²) in [6, 6.07) is 13.3. The fraction of sp³-hybridized carbons (Fsp3) is 0.350. The highest BCUT2D eigenvalue weighted by Gasteiger charge is 2.29. The van der Waals surface area contributed by atoms with Crippen LogP contribution in [0.15, 0.2) is 48.5 Å². The Bertz CT molecular complexity index is 806. The van der Waals surface area contributed by atoms with Crippen molar-refractivity contribution < 1.29 is 32.2 Å². The molecule has 1 N–H and O–H groups in total. The molecule has 0 radical (unpaired) electrons. The van der Waals surface area contributed by atoms with Crippen LogP contribution in [0.25, 0.3) is 0 Å². The number of amides is 1. The summed E-state index contributed by atoms with van der Waals surface area (Å²) in [5.41, 5.74) is 1.63. The monoisotopic (exact) mass is 410 g/mol. The van der Waals surface area contributed by atoms with Crippen LogP contribution in [0.3, 0.4) is 0 Å². The van der Waals surface area contributed by atoms with Crippen LogP contribution in [0.4, 0.5) is 24.5 Å². The highest BCUT2D eigenvalue weighted by Crippen LogP contribution is 2.28. The fourth-order valence-corrected chi connectivity index (χ4v) is 2.77. The average molecular weight is 410 g/mol. The summed E-state index contributed by atoms with van der Waals surface area (Å²) in [4.78, 5) is 14.3. The van der Waals surface area contributed by atoms with Crippen molar-refractivity contribution in [3.05, 3.63) is 48.5 Å². The van der Waals surface area contributed by atoms with Gasteiger partial charge in [0.25, 0.3) is 5.91 Å². The summed E-state index contributed by atoms with van der Waals surface area (Å²) < 4.78 is 52.4. The molecule has 29 heavy (non-hydrogen) atoms. The van der Waals surface area contributed by atoms with E-state index >= 15 is 0 Å². The van der Waals surface area contributed by atoms with Crippen molar-refractivity contribution >= 4 is 17.3 Å². The lowest BCUT2D eigenvalue weighted by Crippen LogP contribution is -2.36. The predicted octanol–water partition coefficient (Wildman–Crippen LogP) is 3.48. The smallest absolute Gasteiger partial charge is 0.422 e. The second-order valence-electron chi connectivity index (χ2n) is 6.33. The van der Waals surface area contributed by atoms with Gasteiger partial charge in [-0.05, 0) is 36.4 Å². The standard InChI is InChI=1S/C20H21F3N2O4/c21-20(22,23)14-29-18-4-2-1-3-17(18)28-13-19(26)24-15-5-7-16(8-6-15)25-9-11-27-12-10-25/h1-8H,9-14H2,(H,24,26). The van der Waals surface area contributed by atoms with Crippen molar-refractivity contribution in [3.8, 4) is 11.5 Å². The van der Waals surface area contributed by atoms with Crippen LogP contribution in [0, 0.1) is 0 Å². The molecule has 0 saturated carbocycles. The number of hydrogen-bond acceptors (Lipinski definition) is 5. The number of carbonyl (C=O) groups excluding carboxylic acids is 1. The average Bonchev–Trinajstić information content (AvgIpc) is 2.72. The molecular formula is C20H21F3N2O4. The van der Waals surface area contributed by atoms with Crippen molar-refractivity contribution in [1.82, 2.24) is 0 Å².